The van der Waals surface area contributed by atoms with Crippen molar-refractivity contribution in [2.24, 2.45) is 5.73 Å². The summed E-state index contributed by atoms with van der Waals surface area (Å²) < 4.78 is 19.1. The summed E-state index contributed by atoms with van der Waals surface area (Å²) in [5.41, 5.74) is 6.18. The predicted molar refractivity (Wildman–Crippen MR) is 75.2 cm³/mol. The first kappa shape index (κ1) is 14.3. The van der Waals surface area contributed by atoms with Crippen molar-refractivity contribution >= 4 is 11.6 Å². The van der Waals surface area contributed by atoms with E-state index in [1.54, 1.807) is 31.2 Å². The minimum Gasteiger partial charge on any atom is -0.469 e. The predicted octanol–water partition coefficient (Wildman–Crippen LogP) is 2.72. The first-order chi connectivity index (χ1) is 9.65. The summed E-state index contributed by atoms with van der Waals surface area (Å²) in [5, 5.41) is 0. The molecule has 106 valence electrons. The lowest BCUT2D eigenvalue weighted by atomic mass is 10.2. The Bertz CT molecular complexity index is 595. The molecular formula is C15H17FN2O2. The van der Waals surface area contributed by atoms with E-state index in [0.29, 0.717) is 30.8 Å². The molecule has 0 saturated carbocycles. The zero-order valence-corrected chi connectivity index (χ0v) is 11.3. The number of para-hydroxylation sites is 1. The standard InChI is InChI=1S/C15H17FN2O2/c1-11-12(7-10-20-11)15(19)18(9-4-8-17)14-6-3-2-5-13(14)16/h2-3,5-7,10H,4,8-9,17H2,1H3. The molecule has 2 rings (SSSR count). The summed E-state index contributed by atoms with van der Waals surface area (Å²) >= 11 is 0. The van der Waals surface area contributed by atoms with Gasteiger partial charge < -0.3 is 15.1 Å². The highest BCUT2D eigenvalue weighted by Gasteiger charge is 2.22. The smallest absolute Gasteiger partial charge is 0.261 e. The van der Waals surface area contributed by atoms with E-state index in [2.05, 4.69) is 0 Å². The Labute approximate surface area is 117 Å². The van der Waals surface area contributed by atoms with E-state index in [0.717, 1.165) is 0 Å². The Kier molecular flexibility index (Phi) is 4.53. The minimum atomic E-state index is -0.431. The number of anilines is 1. The van der Waals surface area contributed by atoms with Crippen molar-refractivity contribution in [3.63, 3.8) is 0 Å². The van der Waals surface area contributed by atoms with Gasteiger partial charge >= 0.3 is 0 Å². The van der Waals surface area contributed by atoms with Crippen LogP contribution in [0.1, 0.15) is 22.5 Å². The molecule has 5 heteroatoms. The number of carbonyl (C=O) groups is 1. The van der Waals surface area contributed by atoms with Crippen molar-refractivity contribution < 1.29 is 13.6 Å². The number of benzene rings is 1. The van der Waals surface area contributed by atoms with Crippen LogP contribution in [0, 0.1) is 12.7 Å². The van der Waals surface area contributed by atoms with Gasteiger partial charge in [-0.25, -0.2) is 4.39 Å². The normalized spacial score (nSPS) is 10.6. The van der Waals surface area contributed by atoms with Crippen LogP contribution in [-0.2, 0) is 0 Å². The highest BCUT2D eigenvalue weighted by Crippen LogP contribution is 2.22. The largest absolute Gasteiger partial charge is 0.469 e. The van der Waals surface area contributed by atoms with Crippen LogP contribution in [-0.4, -0.2) is 19.0 Å². The summed E-state index contributed by atoms with van der Waals surface area (Å²) in [7, 11) is 0. The van der Waals surface area contributed by atoms with Crippen LogP contribution < -0.4 is 10.6 Å². The lowest BCUT2D eigenvalue weighted by Gasteiger charge is -2.22. The second-order valence-corrected chi connectivity index (χ2v) is 4.44. The number of hydrogen-bond acceptors (Lipinski definition) is 3. The highest BCUT2D eigenvalue weighted by atomic mass is 19.1. The zero-order chi connectivity index (χ0) is 14.5. The van der Waals surface area contributed by atoms with Gasteiger partial charge in [-0.3, -0.25) is 4.79 Å². The van der Waals surface area contributed by atoms with E-state index in [-0.39, 0.29) is 11.6 Å². The second-order valence-electron chi connectivity index (χ2n) is 4.44. The summed E-state index contributed by atoms with van der Waals surface area (Å²) in [6, 6.07) is 7.80. The number of nitrogens with two attached hydrogens (primary N) is 1. The Morgan fingerprint density at radius 1 is 1.35 bits per heavy atom. The van der Waals surface area contributed by atoms with Gasteiger partial charge in [0.25, 0.3) is 5.91 Å². The van der Waals surface area contributed by atoms with Gasteiger partial charge in [0.15, 0.2) is 0 Å². The number of amides is 1. The lowest BCUT2D eigenvalue weighted by Crippen LogP contribution is -2.33. The fraction of sp³-hybridized carbons (Fsp3) is 0.267. The Morgan fingerprint density at radius 2 is 2.10 bits per heavy atom. The molecule has 1 aromatic heterocycles. The molecule has 1 amide bonds. The van der Waals surface area contributed by atoms with E-state index in [1.165, 1.54) is 17.2 Å². The molecule has 0 radical (unpaired) electrons. The van der Waals surface area contributed by atoms with Crippen molar-refractivity contribution in [1.82, 2.24) is 0 Å². The summed E-state index contributed by atoms with van der Waals surface area (Å²) in [6.07, 6.45) is 2.04. The third kappa shape index (κ3) is 2.88. The van der Waals surface area contributed by atoms with Crippen LogP contribution in [0.2, 0.25) is 0 Å². The van der Waals surface area contributed by atoms with Crippen molar-refractivity contribution in [3.05, 3.63) is 53.7 Å². The third-order valence-corrected chi connectivity index (χ3v) is 3.06. The lowest BCUT2D eigenvalue weighted by molar-refractivity contribution is 0.0984. The summed E-state index contributed by atoms with van der Waals surface area (Å²) in [6.45, 7) is 2.50. The van der Waals surface area contributed by atoms with Crippen LogP contribution in [0.5, 0.6) is 0 Å². The average molecular weight is 276 g/mol. The number of nitrogens with zero attached hydrogens (tertiary/aromatic N) is 1. The number of rotatable bonds is 5. The number of hydrogen-bond donors (Lipinski definition) is 1. The van der Waals surface area contributed by atoms with Crippen molar-refractivity contribution in [2.45, 2.75) is 13.3 Å². The highest BCUT2D eigenvalue weighted by molar-refractivity contribution is 6.06. The Balaban J connectivity index is 2.35. The van der Waals surface area contributed by atoms with Gasteiger partial charge in [-0.1, -0.05) is 12.1 Å². The van der Waals surface area contributed by atoms with E-state index < -0.39 is 5.82 Å². The van der Waals surface area contributed by atoms with E-state index in [1.807, 2.05) is 0 Å². The molecule has 0 spiro atoms. The van der Waals surface area contributed by atoms with Crippen molar-refractivity contribution in [3.8, 4) is 0 Å². The molecule has 1 aromatic carbocycles. The van der Waals surface area contributed by atoms with Crippen LogP contribution >= 0.6 is 0 Å². The molecule has 0 aliphatic heterocycles. The molecule has 1 heterocycles. The second kappa shape index (κ2) is 6.34. The molecule has 4 nitrogen and oxygen atoms in total. The van der Waals surface area contributed by atoms with Gasteiger partial charge in [0.2, 0.25) is 0 Å². The molecule has 2 aromatic rings. The van der Waals surface area contributed by atoms with Gasteiger partial charge in [-0.05, 0) is 38.1 Å². The van der Waals surface area contributed by atoms with E-state index >= 15 is 0 Å². The molecule has 0 bridgehead atoms. The van der Waals surface area contributed by atoms with Crippen molar-refractivity contribution in [1.29, 1.82) is 0 Å². The molecule has 2 N–H and O–H groups in total. The van der Waals surface area contributed by atoms with Gasteiger partial charge in [0, 0.05) is 6.54 Å². The third-order valence-electron chi connectivity index (χ3n) is 3.06. The molecule has 0 aliphatic rings. The molecule has 0 aliphatic carbocycles. The molecule has 0 fully saturated rings. The van der Waals surface area contributed by atoms with Crippen LogP contribution in [0.25, 0.3) is 0 Å². The number of halogens is 1. The van der Waals surface area contributed by atoms with Crippen molar-refractivity contribution in [2.75, 3.05) is 18.0 Å². The molecule has 0 unspecified atom stereocenters. The summed E-state index contributed by atoms with van der Waals surface area (Å²) in [4.78, 5) is 13.9. The topological polar surface area (TPSA) is 59.5 Å². The van der Waals surface area contributed by atoms with Crippen LogP contribution in [0.3, 0.4) is 0 Å². The monoisotopic (exact) mass is 276 g/mol. The van der Waals surface area contributed by atoms with E-state index in [9.17, 15) is 9.18 Å². The Morgan fingerprint density at radius 3 is 2.70 bits per heavy atom. The number of aryl methyl sites for hydroxylation is 1. The maximum Gasteiger partial charge on any atom is 0.261 e. The zero-order valence-electron chi connectivity index (χ0n) is 11.3. The molecule has 20 heavy (non-hydrogen) atoms. The van der Waals surface area contributed by atoms with E-state index in [4.69, 9.17) is 10.2 Å². The maximum absolute atomic E-state index is 13.9. The molecular weight excluding hydrogens is 259 g/mol. The summed E-state index contributed by atoms with van der Waals surface area (Å²) in [5.74, 6) is -0.196. The fourth-order valence-corrected chi connectivity index (χ4v) is 2.00. The first-order valence-corrected chi connectivity index (χ1v) is 6.45. The minimum absolute atomic E-state index is 0.256. The quantitative estimate of drug-likeness (QED) is 0.913. The number of furan rings is 1. The molecule has 0 saturated heterocycles. The Hall–Kier alpha value is -2.14. The van der Waals surface area contributed by atoms with Gasteiger partial charge in [-0.2, -0.15) is 0 Å². The fourth-order valence-electron chi connectivity index (χ4n) is 2.00. The van der Waals surface area contributed by atoms with Crippen LogP contribution in [0.4, 0.5) is 10.1 Å². The van der Waals surface area contributed by atoms with Gasteiger partial charge in [0.05, 0.1) is 17.5 Å². The maximum atomic E-state index is 13.9. The van der Waals surface area contributed by atoms with Gasteiger partial charge in [0.1, 0.15) is 11.6 Å². The van der Waals surface area contributed by atoms with Gasteiger partial charge in [-0.15, -0.1) is 0 Å². The first-order valence-electron chi connectivity index (χ1n) is 6.45. The number of carbonyl (C=O) groups excluding carboxylic acids is 1. The average Bonchev–Trinajstić information content (AvgIpc) is 2.87. The SMILES string of the molecule is Cc1occc1C(=O)N(CCCN)c1ccccc1F. The van der Waals surface area contributed by atoms with Crippen LogP contribution in [0.15, 0.2) is 41.0 Å². The molecule has 0 atom stereocenters.